The summed E-state index contributed by atoms with van der Waals surface area (Å²) in [5.74, 6) is 1.32. The zero-order valence-corrected chi connectivity index (χ0v) is 14.5. The molecule has 1 heterocycles. The summed E-state index contributed by atoms with van der Waals surface area (Å²) in [6, 6.07) is 1.79. The molecule has 1 amide bonds. The van der Waals surface area contributed by atoms with Gasteiger partial charge in [-0.15, -0.1) is 0 Å². The van der Waals surface area contributed by atoms with Crippen LogP contribution in [0.5, 0.6) is 11.5 Å². The minimum atomic E-state index is 0.0863. The molecular weight excluding hydrogens is 334 g/mol. The molecule has 5 heteroatoms. The molecule has 21 heavy (non-hydrogen) atoms. The molecule has 0 radical (unpaired) electrons. The molecule has 0 unspecified atom stereocenters. The molecule has 0 saturated heterocycles. The molecule has 0 aliphatic carbocycles. The van der Waals surface area contributed by atoms with Crippen molar-refractivity contribution in [1.82, 2.24) is 4.90 Å². The molecule has 0 aromatic heterocycles. The lowest BCUT2D eigenvalue weighted by Crippen LogP contribution is -2.24. The molecule has 0 spiro atoms. The highest BCUT2D eigenvalue weighted by atomic mass is 79.9. The summed E-state index contributed by atoms with van der Waals surface area (Å²) in [4.78, 5) is 14.4. The third-order valence-electron chi connectivity index (χ3n) is 3.86. The maximum Gasteiger partial charge on any atom is 0.254 e. The van der Waals surface area contributed by atoms with Crippen molar-refractivity contribution in [2.45, 2.75) is 39.2 Å². The van der Waals surface area contributed by atoms with Gasteiger partial charge < -0.3 is 14.4 Å². The summed E-state index contributed by atoms with van der Waals surface area (Å²) in [5.41, 5.74) is 1.71. The van der Waals surface area contributed by atoms with Crippen molar-refractivity contribution in [3.8, 4) is 11.5 Å². The number of unbranched alkanes of at least 4 members (excludes halogenated alkanes) is 3. The number of hydrogen-bond acceptors (Lipinski definition) is 3. The number of hydrogen-bond donors (Lipinski definition) is 0. The van der Waals surface area contributed by atoms with Crippen molar-refractivity contribution in [2.75, 3.05) is 20.8 Å². The minimum Gasteiger partial charge on any atom is -0.493 e. The van der Waals surface area contributed by atoms with Crippen molar-refractivity contribution in [3.05, 3.63) is 21.7 Å². The highest BCUT2D eigenvalue weighted by molar-refractivity contribution is 9.10. The van der Waals surface area contributed by atoms with Crippen LogP contribution in [-0.4, -0.2) is 31.6 Å². The average molecular weight is 356 g/mol. The summed E-state index contributed by atoms with van der Waals surface area (Å²) in [5, 5.41) is 0. The predicted molar refractivity (Wildman–Crippen MR) is 86.1 cm³/mol. The minimum absolute atomic E-state index is 0.0863. The second-order valence-corrected chi connectivity index (χ2v) is 6.03. The number of ether oxygens (including phenoxy) is 2. The molecule has 0 fully saturated rings. The van der Waals surface area contributed by atoms with Gasteiger partial charge in [-0.1, -0.05) is 26.2 Å². The van der Waals surface area contributed by atoms with Crippen LogP contribution in [0.15, 0.2) is 10.5 Å². The standard InChI is InChI=1S/C16H22BrNO3/c1-4-5-6-7-8-18-10-12-11(16(18)19)9-13(20-2)15(21-3)14(12)17/h9H,4-8,10H2,1-3H3. The van der Waals surface area contributed by atoms with Crippen LogP contribution in [0.3, 0.4) is 0 Å². The Kier molecular flexibility index (Phi) is 5.51. The van der Waals surface area contributed by atoms with Crippen molar-refractivity contribution < 1.29 is 14.3 Å². The fraction of sp³-hybridized carbons (Fsp3) is 0.562. The molecule has 0 bridgehead atoms. The zero-order valence-electron chi connectivity index (χ0n) is 12.9. The van der Waals surface area contributed by atoms with Crippen LogP contribution in [0.25, 0.3) is 0 Å². The quantitative estimate of drug-likeness (QED) is 0.693. The van der Waals surface area contributed by atoms with E-state index in [2.05, 4.69) is 22.9 Å². The molecule has 1 aromatic carbocycles. The molecule has 0 saturated carbocycles. The van der Waals surface area contributed by atoms with Gasteiger partial charge in [-0.25, -0.2) is 0 Å². The van der Waals surface area contributed by atoms with E-state index >= 15 is 0 Å². The maximum atomic E-state index is 12.5. The van der Waals surface area contributed by atoms with Crippen molar-refractivity contribution >= 4 is 21.8 Å². The van der Waals surface area contributed by atoms with E-state index in [-0.39, 0.29) is 5.91 Å². The van der Waals surface area contributed by atoms with Crippen LogP contribution in [-0.2, 0) is 6.54 Å². The smallest absolute Gasteiger partial charge is 0.254 e. The van der Waals surface area contributed by atoms with Crippen LogP contribution >= 0.6 is 15.9 Å². The number of methoxy groups -OCH3 is 2. The van der Waals surface area contributed by atoms with Crippen LogP contribution < -0.4 is 9.47 Å². The number of carbonyl (C=O) groups is 1. The van der Waals surface area contributed by atoms with E-state index < -0.39 is 0 Å². The molecule has 116 valence electrons. The number of carbonyl (C=O) groups excluding carboxylic acids is 1. The molecule has 0 atom stereocenters. The van der Waals surface area contributed by atoms with Gasteiger partial charge in [0.2, 0.25) is 0 Å². The summed E-state index contributed by atoms with van der Waals surface area (Å²) in [6.45, 7) is 3.64. The summed E-state index contributed by atoms with van der Waals surface area (Å²) in [7, 11) is 3.19. The van der Waals surface area contributed by atoms with E-state index in [1.165, 1.54) is 19.3 Å². The highest BCUT2D eigenvalue weighted by Crippen LogP contribution is 2.42. The molecule has 1 aliphatic rings. The van der Waals surface area contributed by atoms with Crippen LogP contribution in [0.2, 0.25) is 0 Å². The third-order valence-corrected chi connectivity index (χ3v) is 4.70. The Labute approximate surface area is 134 Å². The van der Waals surface area contributed by atoms with Crippen LogP contribution in [0.4, 0.5) is 0 Å². The Balaban J connectivity index is 2.18. The van der Waals surface area contributed by atoms with Crippen molar-refractivity contribution in [2.24, 2.45) is 0 Å². The lowest BCUT2D eigenvalue weighted by molar-refractivity contribution is 0.0775. The summed E-state index contributed by atoms with van der Waals surface area (Å²) < 4.78 is 11.5. The second-order valence-electron chi connectivity index (χ2n) is 5.24. The van der Waals surface area contributed by atoms with Crippen molar-refractivity contribution in [3.63, 3.8) is 0 Å². The SMILES string of the molecule is CCCCCCN1Cc2c(cc(OC)c(OC)c2Br)C1=O. The average Bonchev–Trinajstić information content (AvgIpc) is 2.81. The first-order chi connectivity index (χ1) is 10.1. The largest absolute Gasteiger partial charge is 0.493 e. The predicted octanol–water partition coefficient (Wildman–Crippen LogP) is 4.00. The molecule has 0 N–H and O–H groups in total. The number of halogens is 1. The molecule has 4 nitrogen and oxygen atoms in total. The Hall–Kier alpha value is -1.23. The van der Waals surface area contributed by atoms with Gasteiger partial charge >= 0.3 is 0 Å². The monoisotopic (exact) mass is 355 g/mol. The first-order valence-corrected chi connectivity index (χ1v) is 8.15. The zero-order chi connectivity index (χ0) is 15.4. The Morgan fingerprint density at radius 1 is 1.24 bits per heavy atom. The van der Waals surface area contributed by atoms with Gasteiger partial charge in [0.15, 0.2) is 11.5 Å². The van der Waals surface area contributed by atoms with Gasteiger partial charge in [0.1, 0.15) is 0 Å². The Morgan fingerprint density at radius 2 is 2.00 bits per heavy atom. The van der Waals surface area contributed by atoms with Gasteiger partial charge in [0, 0.05) is 24.2 Å². The van der Waals surface area contributed by atoms with E-state index in [1.807, 2.05) is 4.90 Å². The normalized spacial score (nSPS) is 13.5. The molecule has 1 aromatic rings. The van der Waals surface area contributed by atoms with E-state index in [9.17, 15) is 4.79 Å². The van der Waals surface area contributed by atoms with Crippen molar-refractivity contribution in [1.29, 1.82) is 0 Å². The first-order valence-electron chi connectivity index (χ1n) is 7.36. The molecule has 1 aliphatic heterocycles. The number of benzene rings is 1. The van der Waals surface area contributed by atoms with Gasteiger partial charge in [0.05, 0.1) is 18.7 Å². The van der Waals surface area contributed by atoms with E-state index in [0.717, 1.165) is 28.6 Å². The number of amides is 1. The van der Waals surface area contributed by atoms with Crippen LogP contribution in [0, 0.1) is 0 Å². The summed E-state index contributed by atoms with van der Waals surface area (Å²) in [6.07, 6.45) is 4.65. The van der Waals surface area contributed by atoms with Gasteiger partial charge in [-0.05, 0) is 28.4 Å². The van der Waals surface area contributed by atoms with E-state index in [1.54, 1.807) is 20.3 Å². The molecular formula is C16H22BrNO3. The number of fused-ring (bicyclic) bond motifs is 1. The fourth-order valence-electron chi connectivity index (χ4n) is 2.68. The highest BCUT2D eigenvalue weighted by Gasteiger charge is 2.31. The third kappa shape index (κ3) is 3.18. The molecule has 2 rings (SSSR count). The first kappa shape index (κ1) is 16.1. The van der Waals surface area contributed by atoms with Gasteiger partial charge in [-0.3, -0.25) is 4.79 Å². The summed E-state index contributed by atoms with van der Waals surface area (Å²) >= 11 is 3.55. The van der Waals surface area contributed by atoms with Crippen LogP contribution in [0.1, 0.15) is 48.5 Å². The lowest BCUT2D eigenvalue weighted by atomic mass is 10.1. The Bertz CT molecular complexity index is 531. The van der Waals surface area contributed by atoms with E-state index in [4.69, 9.17) is 9.47 Å². The topological polar surface area (TPSA) is 38.8 Å². The maximum absolute atomic E-state index is 12.5. The second kappa shape index (κ2) is 7.16. The van der Waals surface area contributed by atoms with Gasteiger partial charge in [-0.2, -0.15) is 0 Å². The number of rotatable bonds is 7. The fourth-order valence-corrected chi connectivity index (χ4v) is 3.37. The Morgan fingerprint density at radius 3 is 2.62 bits per heavy atom. The van der Waals surface area contributed by atoms with Gasteiger partial charge in [0.25, 0.3) is 5.91 Å². The number of nitrogens with zero attached hydrogens (tertiary/aromatic N) is 1. The van der Waals surface area contributed by atoms with E-state index in [0.29, 0.717) is 18.0 Å². The lowest BCUT2D eigenvalue weighted by Gasteiger charge is -2.15.